The van der Waals surface area contributed by atoms with E-state index in [9.17, 15) is 18.0 Å². The standard InChI is InChI=1S/C16H22N2O6S/c1-23-14-8-7-12(25(17,21)22)9-13(14)16(20)24-10-15(19)18-11-5-3-2-4-6-11/h7-9,11H,2-6,10H2,1H3,(H,18,19)(H2,17,21,22). The second kappa shape index (κ2) is 8.30. The monoisotopic (exact) mass is 370 g/mol. The van der Waals surface area contributed by atoms with Crippen LogP contribution in [-0.2, 0) is 19.6 Å². The summed E-state index contributed by atoms with van der Waals surface area (Å²) in [5.41, 5.74) is -0.112. The highest BCUT2D eigenvalue weighted by Gasteiger charge is 2.20. The molecule has 9 heteroatoms. The molecule has 8 nitrogen and oxygen atoms in total. The number of ether oxygens (including phenoxy) is 2. The average molecular weight is 370 g/mol. The van der Waals surface area contributed by atoms with Crippen LogP contribution in [0, 0.1) is 0 Å². The number of hydrogen-bond acceptors (Lipinski definition) is 6. The summed E-state index contributed by atoms with van der Waals surface area (Å²) in [5.74, 6) is -1.12. The second-order valence-electron chi connectivity index (χ2n) is 5.89. The van der Waals surface area contributed by atoms with Crippen LogP contribution in [0.25, 0.3) is 0 Å². The van der Waals surface area contributed by atoms with E-state index in [0.717, 1.165) is 31.7 Å². The third-order valence-electron chi connectivity index (χ3n) is 4.02. The average Bonchev–Trinajstić information content (AvgIpc) is 2.59. The molecular formula is C16H22N2O6S. The number of methoxy groups -OCH3 is 1. The number of primary sulfonamides is 1. The minimum absolute atomic E-state index is 0.111. The van der Waals surface area contributed by atoms with Crippen LogP contribution >= 0.6 is 0 Å². The van der Waals surface area contributed by atoms with Crippen molar-refractivity contribution in [2.45, 2.75) is 43.0 Å². The van der Waals surface area contributed by atoms with Crippen LogP contribution in [0.4, 0.5) is 0 Å². The van der Waals surface area contributed by atoms with Crippen LogP contribution in [0.1, 0.15) is 42.5 Å². The minimum atomic E-state index is -3.98. The van der Waals surface area contributed by atoms with Gasteiger partial charge >= 0.3 is 5.97 Å². The van der Waals surface area contributed by atoms with Crippen LogP contribution in [0.2, 0.25) is 0 Å². The van der Waals surface area contributed by atoms with E-state index < -0.39 is 22.6 Å². The summed E-state index contributed by atoms with van der Waals surface area (Å²) in [4.78, 5) is 23.8. The molecular weight excluding hydrogens is 348 g/mol. The fourth-order valence-corrected chi connectivity index (χ4v) is 3.29. The molecule has 0 aliphatic heterocycles. The highest BCUT2D eigenvalue weighted by Crippen LogP contribution is 2.23. The molecule has 1 aliphatic carbocycles. The molecule has 0 radical (unpaired) electrons. The Labute approximate surface area is 146 Å². The smallest absolute Gasteiger partial charge is 0.342 e. The first kappa shape index (κ1) is 19.2. The largest absolute Gasteiger partial charge is 0.496 e. The summed E-state index contributed by atoms with van der Waals surface area (Å²) in [5, 5.41) is 7.89. The molecule has 3 N–H and O–H groups in total. The van der Waals surface area contributed by atoms with Gasteiger partial charge in [-0.15, -0.1) is 0 Å². The maximum absolute atomic E-state index is 12.2. The molecule has 0 spiro atoms. The van der Waals surface area contributed by atoms with Gasteiger partial charge in [-0.3, -0.25) is 4.79 Å². The van der Waals surface area contributed by atoms with Crippen molar-refractivity contribution in [1.29, 1.82) is 0 Å². The zero-order chi connectivity index (χ0) is 18.4. The van der Waals surface area contributed by atoms with Crippen LogP contribution in [0.15, 0.2) is 23.1 Å². The van der Waals surface area contributed by atoms with Gasteiger partial charge in [0.25, 0.3) is 5.91 Å². The third-order valence-corrected chi connectivity index (χ3v) is 4.94. The number of sulfonamides is 1. The summed E-state index contributed by atoms with van der Waals surface area (Å²) in [6.45, 7) is -0.446. The van der Waals surface area contributed by atoms with Gasteiger partial charge in [0.1, 0.15) is 11.3 Å². The maximum atomic E-state index is 12.2. The Kier molecular flexibility index (Phi) is 6.38. The first-order valence-corrected chi connectivity index (χ1v) is 9.53. The lowest BCUT2D eigenvalue weighted by atomic mass is 9.95. The number of rotatable bonds is 6. The number of esters is 1. The molecule has 1 aromatic carbocycles. The van der Waals surface area contributed by atoms with Crippen LogP contribution in [0.3, 0.4) is 0 Å². The molecule has 138 valence electrons. The van der Waals surface area contributed by atoms with Crippen molar-refractivity contribution in [3.63, 3.8) is 0 Å². The number of nitrogens with one attached hydrogen (secondary N) is 1. The van der Waals surface area contributed by atoms with E-state index >= 15 is 0 Å². The molecule has 25 heavy (non-hydrogen) atoms. The van der Waals surface area contributed by atoms with Crippen LogP contribution < -0.4 is 15.2 Å². The Hall–Kier alpha value is -2.13. The van der Waals surface area contributed by atoms with Crippen molar-refractivity contribution in [2.24, 2.45) is 5.14 Å². The van der Waals surface area contributed by atoms with Gasteiger partial charge in [-0.25, -0.2) is 18.4 Å². The Morgan fingerprint density at radius 1 is 1.24 bits per heavy atom. The number of nitrogens with two attached hydrogens (primary N) is 1. The highest BCUT2D eigenvalue weighted by atomic mass is 32.2. The SMILES string of the molecule is COc1ccc(S(N)(=O)=O)cc1C(=O)OCC(=O)NC1CCCCC1. The van der Waals surface area contributed by atoms with E-state index in [4.69, 9.17) is 14.6 Å². The molecule has 2 rings (SSSR count). The van der Waals surface area contributed by atoms with Gasteiger partial charge < -0.3 is 14.8 Å². The molecule has 0 aromatic heterocycles. The molecule has 0 saturated heterocycles. The van der Waals surface area contributed by atoms with Gasteiger partial charge in [-0.05, 0) is 31.0 Å². The fourth-order valence-electron chi connectivity index (χ4n) is 2.75. The fraction of sp³-hybridized carbons (Fsp3) is 0.500. The van der Waals surface area contributed by atoms with Crippen molar-refractivity contribution in [1.82, 2.24) is 5.32 Å². The second-order valence-corrected chi connectivity index (χ2v) is 7.45. The first-order chi connectivity index (χ1) is 11.8. The number of hydrogen-bond donors (Lipinski definition) is 2. The maximum Gasteiger partial charge on any atom is 0.342 e. The Morgan fingerprint density at radius 3 is 2.52 bits per heavy atom. The van der Waals surface area contributed by atoms with Crippen molar-refractivity contribution >= 4 is 21.9 Å². The first-order valence-electron chi connectivity index (χ1n) is 7.98. The number of carbonyl (C=O) groups is 2. The normalized spacial score (nSPS) is 15.4. The summed E-state index contributed by atoms with van der Waals surface area (Å²) in [6.07, 6.45) is 5.15. The number of amides is 1. The lowest BCUT2D eigenvalue weighted by Crippen LogP contribution is -2.38. The lowest BCUT2D eigenvalue weighted by Gasteiger charge is -2.22. The topological polar surface area (TPSA) is 125 Å². The molecule has 1 fully saturated rings. The number of benzene rings is 1. The summed E-state index contributed by atoms with van der Waals surface area (Å²) >= 11 is 0. The molecule has 0 heterocycles. The van der Waals surface area contributed by atoms with Gasteiger partial charge in [0, 0.05) is 6.04 Å². The van der Waals surface area contributed by atoms with E-state index in [1.807, 2.05) is 0 Å². The van der Waals surface area contributed by atoms with Gasteiger partial charge in [0.2, 0.25) is 10.0 Å². The Morgan fingerprint density at radius 2 is 1.92 bits per heavy atom. The molecule has 1 amide bonds. The molecule has 1 aliphatic rings. The lowest BCUT2D eigenvalue weighted by molar-refractivity contribution is -0.125. The minimum Gasteiger partial charge on any atom is -0.496 e. The van der Waals surface area contributed by atoms with Crippen LogP contribution in [0.5, 0.6) is 5.75 Å². The van der Waals surface area contributed by atoms with E-state index in [1.165, 1.54) is 25.7 Å². The predicted octanol–water partition coefficient (Wildman–Crippen LogP) is 0.948. The van der Waals surface area contributed by atoms with Crippen LogP contribution in [-0.4, -0.2) is 40.1 Å². The van der Waals surface area contributed by atoms with Crippen molar-refractivity contribution in [3.05, 3.63) is 23.8 Å². The summed E-state index contributed by atoms with van der Waals surface area (Å²) in [7, 11) is -2.65. The van der Waals surface area contributed by atoms with Crippen molar-refractivity contribution < 1.29 is 27.5 Å². The van der Waals surface area contributed by atoms with E-state index in [0.29, 0.717) is 0 Å². The van der Waals surface area contributed by atoms with E-state index in [2.05, 4.69) is 5.32 Å². The Bertz CT molecular complexity index is 741. The van der Waals surface area contributed by atoms with Crippen molar-refractivity contribution in [2.75, 3.05) is 13.7 Å². The number of carbonyl (C=O) groups excluding carboxylic acids is 2. The zero-order valence-corrected chi connectivity index (χ0v) is 14.8. The molecule has 0 atom stereocenters. The summed E-state index contributed by atoms with van der Waals surface area (Å²) < 4.78 is 32.8. The van der Waals surface area contributed by atoms with Gasteiger partial charge in [0.15, 0.2) is 6.61 Å². The summed E-state index contributed by atoms with van der Waals surface area (Å²) in [6, 6.07) is 3.70. The zero-order valence-electron chi connectivity index (χ0n) is 14.0. The third kappa shape index (κ3) is 5.43. The predicted molar refractivity (Wildman–Crippen MR) is 89.7 cm³/mol. The molecule has 0 unspecified atom stereocenters. The Balaban J connectivity index is 2.00. The van der Waals surface area contributed by atoms with Gasteiger partial charge in [-0.2, -0.15) is 0 Å². The quantitative estimate of drug-likeness (QED) is 0.718. The van der Waals surface area contributed by atoms with Crippen molar-refractivity contribution in [3.8, 4) is 5.75 Å². The highest BCUT2D eigenvalue weighted by molar-refractivity contribution is 7.89. The molecule has 1 saturated carbocycles. The van der Waals surface area contributed by atoms with E-state index in [1.54, 1.807) is 0 Å². The van der Waals surface area contributed by atoms with Gasteiger partial charge in [0.05, 0.1) is 12.0 Å². The molecule has 1 aromatic rings. The van der Waals surface area contributed by atoms with E-state index in [-0.39, 0.29) is 28.2 Å². The molecule has 0 bridgehead atoms. The van der Waals surface area contributed by atoms with Gasteiger partial charge in [-0.1, -0.05) is 19.3 Å².